The van der Waals surface area contributed by atoms with Crippen molar-refractivity contribution in [2.24, 2.45) is 5.92 Å². The van der Waals surface area contributed by atoms with E-state index in [4.69, 9.17) is 4.74 Å². The fourth-order valence-corrected chi connectivity index (χ4v) is 4.78. The first-order valence-electron chi connectivity index (χ1n) is 12.2. The van der Waals surface area contributed by atoms with Crippen LogP contribution in [0.2, 0.25) is 0 Å². The minimum absolute atomic E-state index is 0.00165. The van der Waals surface area contributed by atoms with Crippen molar-refractivity contribution in [3.63, 3.8) is 0 Å². The summed E-state index contributed by atoms with van der Waals surface area (Å²) < 4.78 is 5.43. The molecule has 0 aromatic heterocycles. The number of ketones is 2. The minimum atomic E-state index is -0.571. The number of carbonyl (C=O) groups is 3. The van der Waals surface area contributed by atoms with Crippen LogP contribution in [0.4, 0.5) is 4.79 Å². The molecule has 0 spiro atoms. The van der Waals surface area contributed by atoms with Crippen LogP contribution in [0.1, 0.15) is 57.6 Å². The van der Waals surface area contributed by atoms with Crippen molar-refractivity contribution in [2.45, 2.75) is 77.7 Å². The Morgan fingerprint density at radius 3 is 2.12 bits per heavy atom. The van der Waals surface area contributed by atoms with E-state index in [9.17, 15) is 14.4 Å². The lowest BCUT2D eigenvalue weighted by Gasteiger charge is -2.30. The first-order chi connectivity index (χ1) is 16.4. The zero-order chi connectivity index (χ0) is 24.5. The number of hydrogen-bond donors (Lipinski definition) is 1. The molecule has 0 bridgehead atoms. The van der Waals surface area contributed by atoms with Crippen LogP contribution in [-0.2, 0) is 27.5 Å². The van der Waals surface area contributed by atoms with Gasteiger partial charge < -0.3 is 10.1 Å². The van der Waals surface area contributed by atoms with Crippen molar-refractivity contribution >= 4 is 17.7 Å². The molecule has 6 heteroatoms. The summed E-state index contributed by atoms with van der Waals surface area (Å²) >= 11 is 0. The van der Waals surface area contributed by atoms with Gasteiger partial charge in [-0.05, 0) is 30.4 Å². The lowest BCUT2D eigenvalue weighted by atomic mass is 9.91. The maximum atomic E-state index is 13.6. The molecule has 0 saturated carbocycles. The van der Waals surface area contributed by atoms with Gasteiger partial charge in [0.05, 0.1) is 18.1 Å². The second-order valence-corrected chi connectivity index (χ2v) is 9.13. The Balaban J connectivity index is 1.80. The van der Waals surface area contributed by atoms with Gasteiger partial charge in [0.15, 0.2) is 5.78 Å². The minimum Gasteiger partial charge on any atom is -0.445 e. The number of likely N-dealkylation sites (tertiary alicyclic amines) is 1. The number of amides is 1. The van der Waals surface area contributed by atoms with Crippen LogP contribution in [-0.4, -0.2) is 40.7 Å². The number of alkyl carbamates (subject to hydrolysis) is 1. The molecule has 1 amide bonds. The van der Waals surface area contributed by atoms with Crippen LogP contribution in [0.3, 0.4) is 0 Å². The largest absolute Gasteiger partial charge is 0.445 e. The fourth-order valence-electron chi connectivity index (χ4n) is 4.78. The Morgan fingerprint density at radius 1 is 0.971 bits per heavy atom. The Morgan fingerprint density at radius 2 is 1.56 bits per heavy atom. The van der Waals surface area contributed by atoms with Crippen molar-refractivity contribution in [1.82, 2.24) is 10.2 Å². The van der Waals surface area contributed by atoms with Crippen molar-refractivity contribution in [3.05, 3.63) is 71.8 Å². The smallest absolute Gasteiger partial charge is 0.407 e. The Bertz CT molecular complexity index is 943. The average molecular weight is 465 g/mol. The van der Waals surface area contributed by atoms with Crippen LogP contribution in [0.25, 0.3) is 0 Å². The van der Waals surface area contributed by atoms with Crippen molar-refractivity contribution in [1.29, 1.82) is 0 Å². The summed E-state index contributed by atoms with van der Waals surface area (Å²) in [6.07, 6.45) is 2.09. The average Bonchev–Trinajstić information content (AvgIpc) is 3.20. The summed E-state index contributed by atoms with van der Waals surface area (Å²) in [5.41, 5.74) is 1.92. The molecule has 0 aliphatic carbocycles. The van der Waals surface area contributed by atoms with E-state index in [2.05, 4.69) is 19.2 Å². The first-order valence-corrected chi connectivity index (χ1v) is 12.2. The second kappa shape index (κ2) is 12.5. The number of nitrogens with one attached hydrogen (secondary N) is 1. The number of hydrogen-bond acceptors (Lipinski definition) is 5. The molecule has 1 fully saturated rings. The van der Waals surface area contributed by atoms with Gasteiger partial charge in [-0.25, -0.2) is 4.79 Å². The van der Waals surface area contributed by atoms with Gasteiger partial charge in [-0.2, -0.15) is 0 Å². The first kappa shape index (κ1) is 25.6. The molecule has 1 N–H and O–H groups in total. The summed E-state index contributed by atoms with van der Waals surface area (Å²) in [5, 5.41) is 2.91. The van der Waals surface area contributed by atoms with Gasteiger partial charge in [0, 0.05) is 13.0 Å². The number of carbonyl (C=O) groups excluding carboxylic acids is 3. The zero-order valence-electron chi connectivity index (χ0n) is 20.4. The third-order valence-corrected chi connectivity index (χ3v) is 6.78. The number of nitrogens with zero attached hydrogens (tertiary/aromatic N) is 1. The molecule has 1 heterocycles. The van der Waals surface area contributed by atoms with Crippen molar-refractivity contribution in [2.75, 3.05) is 0 Å². The summed E-state index contributed by atoms with van der Waals surface area (Å²) in [4.78, 5) is 40.8. The van der Waals surface area contributed by atoms with E-state index >= 15 is 0 Å². The molecular weight excluding hydrogens is 428 g/mol. The van der Waals surface area contributed by atoms with Crippen molar-refractivity contribution in [3.8, 4) is 0 Å². The van der Waals surface area contributed by atoms with Crippen molar-refractivity contribution < 1.29 is 19.1 Å². The SMILES string of the molecule is CCC(CC)CC(=O)C1C(NC(=O)OCc2ccccc2)CC(C(C)=O)N1Cc1ccccc1. The quantitative estimate of drug-likeness (QED) is 0.511. The molecule has 3 rings (SSSR count). The molecule has 3 unspecified atom stereocenters. The van der Waals surface area contributed by atoms with Crippen LogP contribution in [0, 0.1) is 5.92 Å². The van der Waals surface area contributed by atoms with E-state index in [1.807, 2.05) is 65.6 Å². The molecule has 34 heavy (non-hydrogen) atoms. The maximum absolute atomic E-state index is 13.6. The Kier molecular flexibility index (Phi) is 9.40. The predicted octanol–water partition coefficient (Wildman–Crippen LogP) is 4.91. The van der Waals surface area contributed by atoms with Gasteiger partial charge in [0.2, 0.25) is 0 Å². The highest BCUT2D eigenvalue weighted by Crippen LogP contribution is 2.30. The van der Waals surface area contributed by atoms with E-state index in [-0.39, 0.29) is 24.1 Å². The van der Waals surface area contributed by atoms with Gasteiger partial charge in [0.25, 0.3) is 0 Å². The normalized spacial score (nSPS) is 20.3. The van der Waals surface area contributed by atoms with Crippen LogP contribution in [0.5, 0.6) is 0 Å². The molecule has 6 nitrogen and oxygen atoms in total. The maximum Gasteiger partial charge on any atom is 0.407 e. The van der Waals surface area contributed by atoms with Gasteiger partial charge in [-0.3, -0.25) is 14.5 Å². The second-order valence-electron chi connectivity index (χ2n) is 9.13. The van der Waals surface area contributed by atoms with Gasteiger partial charge >= 0.3 is 6.09 Å². The molecular formula is C28H36N2O4. The lowest BCUT2D eigenvalue weighted by Crippen LogP contribution is -2.50. The fraction of sp³-hybridized carbons (Fsp3) is 0.464. The number of Topliss-reactive ketones (excluding diaryl/α,β-unsaturated/α-hetero) is 2. The predicted molar refractivity (Wildman–Crippen MR) is 132 cm³/mol. The molecule has 182 valence electrons. The zero-order valence-corrected chi connectivity index (χ0v) is 20.4. The van der Waals surface area contributed by atoms with Gasteiger partial charge in [-0.15, -0.1) is 0 Å². The van der Waals surface area contributed by atoms with E-state index < -0.39 is 24.2 Å². The van der Waals surface area contributed by atoms with E-state index in [1.165, 1.54) is 0 Å². The lowest BCUT2D eigenvalue weighted by molar-refractivity contribution is -0.127. The Hall–Kier alpha value is -2.99. The highest BCUT2D eigenvalue weighted by Gasteiger charge is 2.47. The van der Waals surface area contributed by atoms with E-state index in [1.54, 1.807) is 6.92 Å². The number of benzene rings is 2. The van der Waals surface area contributed by atoms with Crippen LogP contribution >= 0.6 is 0 Å². The van der Waals surface area contributed by atoms with Gasteiger partial charge in [-0.1, -0.05) is 87.4 Å². The highest BCUT2D eigenvalue weighted by atomic mass is 16.5. The standard InChI is InChI=1S/C28H36N2O4/c1-4-21(5-2)16-26(32)27-24(29-28(33)34-19-23-14-10-7-11-15-23)17-25(20(3)31)30(27)18-22-12-8-6-9-13-22/h6-15,21,24-25,27H,4-5,16-19H2,1-3H3,(H,29,33). The molecule has 2 aromatic rings. The van der Waals surface area contributed by atoms with E-state index in [0.29, 0.717) is 19.4 Å². The monoisotopic (exact) mass is 464 g/mol. The number of rotatable bonds is 11. The van der Waals surface area contributed by atoms with Crippen LogP contribution < -0.4 is 5.32 Å². The Labute approximate surface area is 202 Å². The third kappa shape index (κ3) is 6.76. The number of ether oxygens (including phenoxy) is 1. The molecule has 1 aliphatic rings. The molecule has 2 aromatic carbocycles. The molecule has 3 atom stereocenters. The molecule has 1 aliphatic heterocycles. The summed E-state index contributed by atoms with van der Waals surface area (Å²) in [5.74, 6) is 0.355. The highest BCUT2D eigenvalue weighted by molar-refractivity contribution is 5.89. The summed E-state index contributed by atoms with van der Waals surface area (Å²) in [6.45, 7) is 6.36. The van der Waals surface area contributed by atoms with Crippen LogP contribution in [0.15, 0.2) is 60.7 Å². The topological polar surface area (TPSA) is 75.7 Å². The summed E-state index contributed by atoms with van der Waals surface area (Å²) in [7, 11) is 0. The molecule has 1 saturated heterocycles. The molecule has 0 radical (unpaired) electrons. The third-order valence-electron chi connectivity index (χ3n) is 6.78. The summed E-state index contributed by atoms with van der Waals surface area (Å²) in [6, 6.07) is 17.8. The van der Waals surface area contributed by atoms with Gasteiger partial charge in [0.1, 0.15) is 12.4 Å². The van der Waals surface area contributed by atoms with E-state index in [0.717, 1.165) is 24.0 Å².